The Morgan fingerprint density at radius 2 is 1.86 bits per heavy atom. The van der Waals surface area contributed by atoms with Gasteiger partial charge in [0.05, 0.1) is 19.8 Å². The number of ether oxygens (including phenoxy) is 1. The zero-order valence-corrected chi connectivity index (χ0v) is 12.9. The lowest BCUT2D eigenvalue weighted by atomic mass is 10.1. The van der Waals surface area contributed by atoms with Crippen LogP contribution in [0, 0.1) is 5.82 Å². The second kappa shape index (κ2) is 8.22. The molecule has 0 aromatic heterocycles. The summed E-state index contributed by atoms with van der Waals surface area (Å²) in [6.07, 6.45) is 0.306. The van der Waals surface area contributed by atoms with E-state index in [-0.39, 0.29) is 11.8 Å². The van der Waals surface area contributed by atoms with E-state index in [2.05, 4.69) is 14.5 Å². The number of esters is 1. The number of hydrogen-bond acceptors (Lipinski definition) is 5. The maximum Gasteiger partial charge on any atom is 0.319 e. The topological polar surface area (TPSA) is 53.0 Å². The molecule has 1 heterocycles. The molecule has 6 heteroatoms. The lowest BCUT2D eigenvalue weighted by Gasteiger charge is -2.24. The first-order valence-electron chi connectivity index (χ1n) is 7.53. The molecule has 1 aliphatic heterocycles. The Morgan fingerprint density at radius 1 is 1.23 bits per heavy atom. The number of aliphatic hydroxyl groups is 1. The molecule has 0 bridgehead atoms. The number of rotatable bonds is 5. The number of benzene rings is 1. The highest BCUT2D eigenvalue weighted by atomic mass is 19.1. The molecule has 122 valence electrons. The fourth-order valence-electron chi connectivity index (χ4n) is 2.65. The third kappa shape index (κ3) is 5.05. The SMILES string of the molecule is COC(=O)CN1CCCN(CC(O)c2ccc(F)cc2)CC1. The molecule has 0 aliphatic carbocycles. The van der Waals surface area contributed by atoms with Crippen molar-refractivity contribution < 1.29 is 19.0 Å². The van der Waals surface area contributed by atoms with Gasteiger partial charge < -0.3 is 9.84 Å². The van der Waals surface area contributed by atoms with E-state index in [9.17, 15) is 14.3 Å². The lowest BCUT2D eigenvalue weighted by Crippen LogP contribution is -2.35. The largest absolute Gasteiger partial charge is 0.468 e. The second-order valence-electron chi connectivity index (χ2n) is 5.57. The maximum absolute atomic E-state index is 12.9. The van der Waals surface area contributed by atoms with E-state index >= 15 is 0 Å². The quantitative estimate of drug-likeness (QED) is 0.824. The molecular weight excluding hydrogens is 287 g/mol. The number of methoxy groups -OCH3 is 1. The third-order valence-corrected chi connectivity index (χ3v) is 3.95. The summed E-state index contributed by atoms with van der Waals surface area (Å²) in [7, 11) is 1.39. The van der Waals surface area contributed by atoms with Gasteiger partial charge in [-0.15, -0.1) is 0 Å². The summed E-state index contributed by atoms with van der Waals surface area (Å²) >= 11 is 0. The molecule has 2 rings (SSSR count). The van der Waals surface area contributed by atoms with Gasteiger partial charge >= 0.3 is 5.97 Å². The summed E-state index contributed by atoms with van der Waals surface area (Å²) < 4.78 is 17.6. The van der Waals surface area contributed by atoms with Gasteiger partial charge in [0, 0.05) is 26.2 Å². The van der Waals surface area contributed by atoms with E-state index in [0.717, 1.165) is 38.2 Å². The van der Waals surface area contributed by atoms with Gasteiger partial charge in [0.25, 0.3) is 0 Å². The average Bonchev–Trinajstić information content (AvgIpc) is 2.73. The maximum atomic E-state index is 12.9. The molecule has 1 atom stereocenters. The smallest absolute Gasteiger partial charge is 0.319 e. The molecule has 5 nitrogen and oxygen atoms in total. The van der Waals surface area contributed by atoms with Crippen molar-refractivity contribution in [1.82, 2.24) is 9.80 Å². The van der Waals surface area contributed by atoms with Crippen LogP contribution in [-0.4, -0.2) is 67.3 Å². The van der Waals surface area contributed by atoms with E-state index in [0.29, 0.717) is 13.1 Å². The van der Waals surface area contributed by atoms with Crippen LogP contribution in [0.3, 0.4) is 0 Å². The van der Waals surface area contributed by atoms with E-state index in [4.69, 9.17) is 0 Å². The Morgan fingerprint density at radius 3 is 2.55 bits per heavy atom. The van der Waals surface area contributed by atoms with E-state index < -0.39 is 6.10 Å². The molecular formula is C16H23FN2O3. The Balaban J connectivity index is 1.83. The highest BCUT2D eigenvalue weighted by molar-refractivity contribution is 5.71. The fraction of sp³-hybridized carbons (Fsp3) is 0.562. The minimum atomic E-state index is -0.632. The van der Waals surface area contributed by atoms with Crippen LogP contribution >= 0.6 is 0 Å². The van der Waals surface area contributed by atoms with Crippen LogP contribution in [0.5, 0.6) is 0 Å². The summed E-state index contributed by atoms with van der Waals surface area (Å²) in [6, 6.07) is 5.95. The average molecular weight is 310 g/mol. The van der Waals surface area contributed by atoms with E-state index in [1.54, 1.807) is 12.1 Å². The Bertz CT molecular complexity index is 481. The summed E-state index contributed by atoms with van der Waals surface area (Å²) in [5, 5.41) is 10.3. The molecule has 0 spiro atoms. The number of halogens is 1. The van der Waals surface area contributed by atoms with Crippen LogP contribution in [0.25, 0.3) is 0 Å². The minimum Gasteiger partial charge on any atom is -0.468 e. The highest BCUT2D eigenvalue weighted by Crippen LogP contribution is 2.16. The fourth-order valence-corrected chi connectivity index (χ4v) is 2.65. The van der Waals surface area contributed by atoms with E-state index in [1.807, 2.05) is 0 Å². The summed E-state index contributed by atoms with van der Waals surface area (Å²) in [5.41, 5.74) is 0.720. The molecule has 1 fully saturated rings. The predicted octanol–water partition coefficient (Wildman–Crippen LogP) is 1.04. The monoisotopic (exact) mass is 310 g/mol. The van der Waals surface area contributed by atoms with Gasteiger partial charge in [0.2, 0.25) is 0 Å². The molecule has 22 heavy (non-hydrogen) atoms. The molecule has 1 aliphatic rings. The van der Waals surface area contributed by atoms with Crippen molar-refractivity contribution in [3.63, 3.8) is 0 Å². The van der Waals surface area contributed by atoms with Crippen LogP contribution in [0.4, 0.5) is 4.39 Å². The minimum absolute atomic E-state index is 0.222. The number of β-amino-alcohol motifs (C(OH)–C–C–N with tert-alkyl or cyclic N) is 1. The highest BCUT2D eigenvalue weighted by Gasteiger charge is 2.19. The number of aliphatic hydroxyl groups excluding tert-OH is 1. The van der Waals surface area contributed by atoms with Crippen LogP contribution < -0.4 is 0 Å². The number of nitrogens with zero attached hydrogens (tertiary/aromatic N) is 2. The van der Waals surface area contributed by atoms with E-state index in [1.165, 1.54) is 19.2 Å². The Hall–Kier alpha value is -1.50. The molecule has 0 radical (unpaired) electrons. The molecule has 0 saturated carbocycles. The predicted molar refractivity (Wildman–Crippen MR) is 80.9 cm³/mol. The van der Waals surface area contributed by atoms with Crippen LogP contribution in [0.2, 0.25) is 0 Å². The summed E-state index contributed by atoms with van der Waals surface area (Å²) in [6.45, 7) is 4.09. The van der Waals surface area contributed by atoms with Crippen LogP contribution in [0.15, 0.2) is 24.3 Å². The van der Waals surface area contributed by atoms with Gasteiger partial charge in [-0.1, -0.05) is 12.1 Å². The van der Waals surface area contributed by atoms with Crippen molar-refractivity contribution in [2.75, 3.05) is 46.4 Å². The van der Waals surface area contributed by atoms with Crippen LogP contribution in [-0.2, 0) is 9.53 Å². The lowest BCUT2D eigenvalue weighted by molar-refractivity contribution is -0.141. The Kier molecular flexibility index (Phi) is 6.30. The van der Waals surface area contributed by atoms with Crippen molar-refractivity contribution >= 4 is 5.97 Å². The molecule has 1 saturated heterocycles. The molecule has 1 unspecified atom stereocenters. The molecule has 1 aromatic carbocycles. The van der Waals surface area contributed by atoms with Gasteiger partial charge in [0.15, 0.2) is 0 Å². The molecule has 1 aromatic rings. The summed E-state index contributed by atoms with van der Waals surface area (Å²) in [5.74, 6) is -0.524. The van der Waals surface area contributed by atoms with Crippen molar-refractivity contribution in [3.8, 4) is 0 Å². The Labute approximate surface area is 130 Å². The molecule has 0 amide bonds. The third-order valence-electron chi connectivity index (χ3n) is 3.95. The molecule has 1 N–H and O–H groups in total. The van der Waals surface area contributed by atoms with Gasteiger partial charge in [-0.05, 0) is 30.7 Å². The van der Waals surface area contributed by atoms with Gasteiger partial charge in [-0.25, -0.2) is 4.39 Å². The number of hydrogen-bond donors (Lipinski definition) is 1. The van der Waals surface area contributed by atoms with Crippen molar-refractivity contribution in [1.29, 1.82) is 0 Å². The standard InChI is InChI=1S/C16H23FN2O3/c1-22-16(21)12-19-8-2-7-18(9-10-19)11-15(20)13-3-5-14(17)6-4-13/h3-6,15,20H,2,7-12H2,1H3. The van der Waals surface area contributed by atoms with Gasteiger partial charge in [-0.3, -0.25) is 14.6 Å². The number of carbonyl (C=O) groups excluding carboxylic acids is 1. The van der Waals surface area contributed by atoms with Crippen molar-refractivity contribution in [2.45, 2.75) is 12.5 Å². The van der Waals surface area contributed by atoms with Crippen LogP contribution in [0.1, 0.15) is 18.1 Å². The first-order valence-corrected chi connectivity index (χ1v) is 7.53. The normalized spacial score (nSPS) is 18.7. The van der Waals surface area contributed by atoms with Gasteiger partial charge in [-0.2, -0.15) is 0 Å². The zero-order chi connectivity index (χ0) is 15.9. The van der Waals surface area contributed by atoms with Gasteiger partial charge in [0.1, 0.15) is 5.82 Å². The van der Waals surface area contributed by atoms with Crippen molar-refractivity contribution in [2.24, 2.45) is 0 Å². The first-order chi connectivity index (χ1) is 10.6. The first kappa shape index (κ1) is 16.9. The zero-order valence-electron chi connectivity index (χ0n) is 12.9. The second-order valence-corrected chi connectivity index (χ2v) is 5.57. The van der Waals surface area contributed by atoms with Crippen molar-refractivity contribution in [3.05, 3.63) is 35.6 Å². The number of carbonyl (C=O) groups is 1. The summed E-state index contributed by atoms with van der Waals surface area (Å²) in [4.78, 5) is 15.6.